The van der Waals surface area contributed by atoms with E-state index in [1.165, 1.54) is 16.7 Å². The molecule has 0 radical (unpaired) electrons. The number of rotatable bonds is 7. The van der Waals surface area contributed by atoms with Crippen LogP contribution in [0.25, 0.3) is 17.2 Å². The molecule has 0 spiro atoms. The van der Waals surface area contributed by atoms with Crippen LogP contribution in [0.1, 0.15) is 42.5 Å². The average Bonchev–Trinajstić information content (AvgIpc) is 2.92. The molecule has 34 heavy (non-hydrogen) atoms. The maximum Gasteiger partial charge on any atom is 0.124 e. The van der Waals surface area contributed by atoms with Gasteiger partial charge in [-0.05, 0) is 58.4 Å². The summed E-state index contributed by atoms with van der Waals surface area (Å²) in [5.74, 6) is 1.62. The van der Waals surface area contributed by atoms with Crippen LogP contribution in [0, 0.1) is 0 Å². The lowest BCUT2D eigenvalue weighted by Gasteiger charge is -2.17. The van der Waals surface area contributed by atoms with Crippen molar-refractivity contribution in [3.63, 3.8) is 0 Å². The molecule has 2 heteroatoms. The summed E-state index contributed by atoms with van der Waals surface area (Å²) in [5.41, 5.74) is 7.31. The second-order valence-electron chi connectivity index (χ2n) is 8.06. The molecule has 2 nitrogen and oxygen atoms in total. The largest absolute Gasteiger partial charge is 0.489 e. The minimum atomic E-state index is 0.523. The molecule has 0 fully saturated rings. The molecule has 4 aromatic rings. The van der Waals surface area contributed by atoms with E-state index < -0.39 is 0 Å². The zero-order chi connectivity index (χ0) is 23.6. The fraction of sp³-hybridized carbons (Fsp3) is 0.188. The molecule has 0 saturated heterocycles. The van der Waals surface area contributed by atoms with E-state index >= 15 is 0 Å². The molecule has 0 amide bonds. The molecule has 0 bridgehead atoms. The number of hydrogen-bond acceptors (Lipinski definition) is 2. The first-order valence-corrected chi connectivity index (χ1v) is 12.1. The zero-order valence-corrected chi connectivity index (χ0v) is 20.0. The standard InChI is InChI=1S/C30H26O2.C2H6/c1-3-10-23(11-4-1)21-31-27-18-26(30-17-9-15-25-14-7-8-16-29(25)30)19-28(20-27)32-22-24-12-5-2-6-13-24;1-2/h1-6,8-13,15-20H,7,14,21-22H2;1-2H3. The van der Waals surface area contributed by atoms with Gasteiger partial charge in [0.2, 0.25) is 0 Å². The van der Waals surface area contributed by atoms with Gasteiger partial charge in [-0.2, -0.15) is 0 Å². The summed E-state index contributed by atoms with van der Waals surface area (Å²) < 4.78 is 12.4. The van der Waals surface area contributed by atoms with Crippen molar-refractivity contribution in [2.75, 3.05) is 0 Å². The van der Waals surface area contributed by atoms with Gasteiger partial charge in [-0.15, -0.1) is 0 Å². The first kappa shape index (κ1) is 23.4. The topological polar surface area (TPSA) is 18.5 Å². The lowest BCUT2D eigenvalue weighted by Crippen LogP contribution is -2.00. The van der Waals surface area contributed by atoms with Gasteiger partial charge in [0.1, 0.15) is 24.7 Å². The van der Waals surface area contributed by atoms with Crippen molar-refractivity contribution < 1.29 is 9.47 Å². The minimum Gasteiger partial charge on any atom is -0.489 e. The van der Waals surface area contributed by atoms with Crippen LogP contribution in [0.15, 0.2) is 103 Å². The van der Waals surface area contributed by atoms with E-state index in [-0.39, 0.29) is 0 Å². The van der Waals surface area contributed by atoms with Crippen LogP contribution in [0.2, 0.25) is 0 Å². The summed E-state index contributed by atoms with van der Waals surface area (Å²) in [6.07, 6.45) is 6.69. The maximum absolute atomic E-state index is 6.19. The number of allylic oxidation sites excluding steroid dienone is 1. The van der Waals surface area contributed by atoms with E-state index in [0.717, 1.165) is 41.0 Å². The van der Waals surface area contributed by atoms with Crippen LogP contribution in [-0.2, 0) is 19.6 Å². The highest BCUT2D eigenvalue weighted by molar-refractivity contribution is 5.79. The van der Waals surface area contributed by atoms with Crippen molar-refractivity contribution in [3.8, 4) is 22.6 Å². The van der Waals surface area contributed by atoms with Gasteiger partial charge in [0.15, 0.2) is 0 Å². The Kier molecular flexibility index (Phi) is 8.18. The molecule has 0 aliphatic heterocycles. The van der Waals surface area contributed by atoms with Gasteiger partial charge in [-0.25, -0.2) is 0 Å². The van der Waals surface area contributed by atoms with E-state index in [4.69, 9.17) is 9.47 Å². The molecular formula is C32H32O2. The number of ether oxygens (including phenoxy) is 2. The summed E-state index contributed by atoms with van der Waals surface area (Å²) in [6, 6.07) is 33.3. The summed E-state index contributed by atoms with van der Waals surface area (Å²) in [6.45, 7) is 5.05. The van der Waals surface area contributed by atoms with Crippen molar-refractivity contribution in [1.82, 2.24) is 0 Å². The zero-order valence-electron chi connectivity index (χ0n) is 20.0. The number of hydrogen-bond donors (Lipinski definition) is 0. The smallest absolute Gasteiger partial charge is 0.124 e. The lowest BCUT2D eigenvalue weighted by atomic mass is 9.90. The Labute approximate surface area is 203 Å². The Morgan fingerprint density at radius 3 is 1.82 bits per heavy atom. The quantitative estimate of drug-likeness (QED) is 0.282. The third-order valence-corrected chi connectivity index (χ3v) is 5.75. The molecule has 5 rings (SSSR count). The molecule has 0 atom stereocenters. The molecule has 172 valence electrons. The van der Waals surface area contributed by atoms with Gasteiger partial charge < -0.3 is 9.47 Å². The molecular weight excluding hydrogens is 416 g/mol. The molecule has 0 unspecified atom stereocenters. The third kappa shape index (κ3) is 5.96. The van der Waals surface area contributed by atoms with Crippen LogP contribution in [0.4, 0.5) is 0 Å². The summed E-state index contributed by atoms with van der Waals surface area (Å²) >= 11 is 0. The molecule has 0 N–H and O–H groups in total. The third-order valence-electron chi connectivity index (χ3n) is 5.75. The van der Waals surface area contributed by atoms with Crippen LogP contribution >= 0.6 is 0 Å². The lowest BCUT2D eigenvalue weighted by molar-refractivity contribution is 0.290. The van der Waals surface area contributed by atoms with Gasteiger partial charge >= 0.3 is 0 Å². The van der Waals surface area contributed by atoms with E-state index in [1.807, 2.05) is 56.3 Å². The van der Waals surface area contributed by atoms with Crippen LogP contribution in [0.5, 0.6) is 11.5 Å². The van der Waals surface area contributed by atoms with E-state index in [9.17, 15) is 0 Å². The summed E-state index contributed by atoms with van der Waals surface area (Å²) in [4.78, 5) is 0. The van der Waals surface area contributed by atoms with Crippen molar-refractivity contribution in [2.24, 2.45) is 0 Å². The Bertz CT molecular complexity index is 1150. The first-order chi connectivity index (χ1) is 16.8. The van der Waals surface area contributed by atoms with Gasteiger partial charge in [-0.3, -0.25) is 0 Å². The fourth-order valence-electron chi connectivity index (χ4n) is 4.10. The van der Waals surface area contributed by atoms with Crippen LogP contribution < -0.4 is 9.47 Å². The molecule has 0 aromatic heterocycles. The predicted octanol–water partition coefficient (Wildman–Crippen LogP) is 8.50. The monoisotopic (exact) mass is 448 g/mol. The van der Waals surface area contributed by atoms with Gasteiger partial charge in [0.25, 0.3) is 0 Å². The van der Waals surface area contributed by atoms with Crippen molar-refractivity contribution >= 4 is 6.08 Å². The minimum absolute atomic E-state index is 0.523. The second kappa shape index (κ2) is 11.9. The van der Waals surface area contributed by atoms with Crippen molar-refractivity contribution in [3.05, 3.63) is 125 Å². The SMILES string of the molecule is C1=Cc2c(cccc2-c2cc(OCc3ccccc3)cc(OCc3ccccc3)c2)CC1.CC. The molecule has 0 saturated carbocycles. The molecule has 0 heterocycles. The normalized spacial score (nSPS) is 11.7. The van der Waals surface area contributed by atoms with Crippen molar-refractivity contribution in [2.45, 2.75) is 39.9 Å². The average molecular weight is 449 g/mol. The van der Waals surface area contributed by atoms with E-state index in [0.29, 0.717) is 13.2 Å². The second-order valence-corrected chi connectivity index (χ2v) is 8.06. The predicted molar refractivity (Wildman–Crippen MR) is 142 cm³/mol. The first-order valence-electron chi connectivity index (χ1n) is 12.1. The summed E-state index contributed by atoms with van der Waals surface area (Å²) in [7, 11) is 0. The molecule has 1 aliphatic rings. The summed E-state index contributed by atoms with van der Waals surface area (Å²) in [5, 5.41) is 0. The Hall–Kier alpha value is -3.78. The van der Waals surface area contributed by atoms with Crippen LogP contribution in [0.3, 0.4) is 0 Å². The molecule has 1 aliphatic carbocycles. The molecule has 4 aromatic carbocycles. The Morgan fingerprint density at radius 1 is 0.647 bits per heavy atom. The van der Waals surface area contributed by atoms with E-state index in [2.05, 4.69) is 66.7 Å². The highest BCUT2D eigenvalue weighted by Crippen LogP contribution is 2.35. The number of aryl methyl sites for hydroxylation is 1. The van der Waals surface area contributed by atoms with Gasteiger partial charge in [0, 0.05) is 6.07 Å². The number of fused-ring (bicyclic) bond motifs is 1. The number of benzene rings is 4. The van der Waals surface area contributed by atoms with E-state index in [1.54, 1.807) is 0 Å². The van der Waals surface area contributed by atoms with Crippen LogP contribution in [-0.4, -0.2) is 0 Å². The highest BCUT2D eigenvalue weighted by atomic mass is 16.5. The Morgan fingerprint density at radius 2 is 1.24 bits per heavy atom. The van der Waals surface area contributed by atoms with Crippen molar-refractivity contribution in [1.29, 1.82) is 0 Å². The van der Waals surface area contributed by atoms with Gasteiger partial charge in [-0.1, -0.05) is 105 Å². The Balaban J connectivity index is 0.00000133. The maximum atomic E-state index is 6.19. The van der Waals surface area contributed by atoms with Gasteiger partial charge in [0.05, 0.1) is 0 Å². The fourth-order valence-corrected chi connectivity index (χ4v) is 4.10. The highest BCUT2D eigenvalue weighted by Gasteiger charge is 2.13.